The van der Waals surface area contributed by atoms with E-state index in [2.05, 4.69) is 35.6 Å². The third-order valence-electron chi connectivity index (χ3n) is 4.80. The molecular weight excluding hydrogens is 456 g/mol. The maximum Gasteiger partial charge on any atom is 0.266 e. The number of hydrogen-bond donors (Lipinski definition) is 2. The van der Waals surface area contributed by atoms with Gasteiger partial charge in [0.1, 0.15) is 5.75 Å². The Kier molecular flexibility index (Phi) is 6.59. The van der Waals surface area contributed by atoms with Crippen molar-refractivity contribution in [1.82, 2.24) is 30.6 Å². The lowest BCUT2D eigenvalue weighted by Gasteiger charge is -2.22. The number of aromatic amines is 1. The SMILES string of the molecule is Cc1cc(C)nc(N(CCc2nn[nH]n2)S(=O)(=O)c2ccc(N=Cc3ccc(O)cc3)cc2)n1. The molecule has 4 aromatic rings. The smallest absolute Gasteiger partial charge is 0.266 e. The zero-order valence-corrected chi connectivity index (χ0v) is 19.3. The van der Waals surface area contributed by atoms with Crippen molar-refractivity contribution in [2.24, 2.45) is 4.99 Å². The predicted molar refractivity (Wildman–Crippen MR) is 126 cm³/mol. The monoisotopic (exact) mass is 478 g/mol. The molecule has 2 N–H and O–H groups in total. The number of H-pyrrole nitrogens is 1. The number of tetrazole rings is 1. The number of rotatable bonds is 8. The fourth-order valence-electron chi connectivity index (χ4n) is 3.18. The minimum absolute atomic E-state index is 0.0333. The number of aliphatic imine (C=N–C) groups is 1. The molecule has 4 rings (SSSR count). The summed E-state index contributed by atoms with van der Waals surface area (Å²) in [4.78, 5) is 13.1. The van der Waals surface area contributed by atoms with Crippen LogP contribution in [0.25, 0.3) is 0 Å². The van der Waals surface area contributed by atoms with Crippen LogP contribution in [0.5, 0.6) is 5.75 Å². The Balaban J connectivity index is 1.61. The van der Waals surface area contributed by atoms with Crippen molar-refractivity contribution in [3.05, 3.63) is 77.4 Å². The van der Waals surface area contributed by atoms with E-state index in [4.69, 9.17) is 0 Å². The van der Waals surface area contributed by atoms with Crippen LogP contribution >= 0.6 is 0 Å². The molecule has 0 saturated carbocycles. The summed E-state index contributed by atoms with van der Waals surface area (Å²) in [5.41, 5.74) is 2.68. The van der Waals surface area contributed by atoms with Crippen molar-refractivity contribution < 1.29 is 13.5 Å². The number of phenolic OH excluding ortho intramolecular Hbond substituents is 1. The summed E-state index contributed by atoms with van der Waals surface area (Å²) in [5, 5.41) is 23.0. The van der Waals surface area contributed by atoms with Gasteiger partial charge in [-0.2, -0.15) is 5.21 Å². The fourth-order valence-corrected chi connectivity index (χ4v) is 4.54. The van der Waals surface area contributed by atoms with Crippen molar-refractivity contribution in [2.75, 3.05) is 10.8 Å². The van der Waals surface area contributed by atoms with Gasteiger partial charge >= 0.3 is 0 Å². The zero-order valence-electron chi connectivity index (χ0n) is 18.5. The highest BCUT2D eigenvalue weighted by Gasteiger charge is 2.28. The van der Waals surface area contributed by atoms with E-state index in [-0.39, 0.29) is 29.6 Å². The topological polar surface area (TPSA) is 150 Å². The van der Waals surface area contributed by atoms with E-state index in [1.807, 2.05) is 0 Å². The van der Waals surface area contributed by atoms with Gasteiger partial charge in [-0.15, -0.1) is 10.2 Å². The van der Waals surface area contributed by atoms with Gasteiger partial charge in [0.2, 0.25) is 5.95 Å². The summed E-state index contributed by atoms with van der Waals surface area (Å²) in [5.74, 6) is 0.627. The van der Waals surface area contributed by atoms with Gasteiger partial charge in [0.05, 0.1) is 10.6 Å². The average molecular weight is 479 g/mol. The molecule has 0 spiro atoms. The van der Waals surface area contributed by atoms with E-state index in [0.717, 1.165) is 9.87 Å². The number of benzene rings is 2. The number of aryl methyl sites for hydroxylation is 2. The molecule has 0 aliphatic carbocycles. The van der Waals surface area contributed by atoms with Gasteiger partial charge < -0.3 is 5.11 Å². The van der Waals surface area contributed by atoms with Gasteiger partial charge in [-0.3, -0.25) is 4.99 Å². The Morgan fingerprint density at radius 1 is 1.03 bits per heavy atom. The number of nitrogens with one attached hydrogen (secondary N) is 1. The first-order valence-electron chi connectivity index (χ1n) is 10.3. The first-order chi connectivity index (χ1) is 16.3. The standard InChI is InChI=1S/C22H22N8O3S/c1-15-13-16(2)25-22(24-15)30(12-11-21-26-28-29-27-21)34(32,33)20-9-5-18(6-10-20)23-14-17-3-7-19(31)8-4-17/h3-10,13-14,31H,11-12H2,1-2H3,(H,26,27,28,29). The zero-order chi connectivity index (χ0) is 24.1. The molecule has 0 unspecified atom stereocenters. The van der Waals surface area contributed by atoms with Crippen molar-refractivity contribution in [2.45, 2.75) is 25.2 Å². The minimum Gasteiger partial charge on any atom is -0.508 e. The molecule has 11 nitrogen and oxygen atoms in total. The Hall–Kier alpha value is -4.19. The van der Waals surface area contributed by atoms with Gasteiger partial charge in [0.25, 0.3) is 10.0 Å². The molecule has 0 aliphatic rings. The van der Waals surface area contributed by atoms with Crippen LogP contribution in [0.2, 0.25) is 0 Å². The lowest BCUT2D eigenvalue weighted by Crippen LogP contribution is -2.35. The highest BCUT2D eigenvalue weighted by molar-refractivity contribution is 7.92. The van der Waals surface area contributed by atoms with E-state index >= 15 is 0 Å². The van der Waals surface area contributed by atoms with E-state index in [1.165, 1.54) is 12.1 Å². The number of anilines is 1. The first kappa shape index (κ1) is 23.0. The highest BCUT2D eigenvalue weighted by atomic mass is 32.2. The van der Waals surface area contributed by atoms with Crippen LogP contribution in [-0.2, 0) is 16.4 Å². The van der Waals surface area contributed by atoms with E-state index < -0.39 is 10.0 Å². The summed E-state index contributed by atoms with van der Waals surface area (Å²) < 4.78 is 28.3. The van der Waals surface area contributed by atoms with Gasteiger partial charge in [-0.1, -0.05) is 5.21 Å². The molecule has 12 heteroatoms. The maximum atomic E-state index is 13.6. The number of phenols is 1. The second-order valence-electron chi connectivity index (χ2n) is 7.45. The van der Waals surface area contributed by atoms with Crippen molar-refractivity contribution >= 4 is 27.9 Å². The second-order valence-corrected chi connectivity index (χ2v) is 9.31. The third kappa shape index (κ3) is 5.41. The molecule has 0 saturated heterocycles. The molecule has 2 heterocycles. The van der Waals surface area contributed by atoms with Crippen LogP contribution in [0.4, 0.5) is 11.6 Å². The molecule has 0 aliphatic heterocycles. The summed E-state index contributed by atoms with van der Waals surface area (Å²) in [7, 11) is -3.99. The molecule has 0 atom stereocenters. The largest absolute Gasteiger partial charge is 0.508 e. The van der Waals surface area contributed by atoms with Crippen LogP contribution in [0.15, 0.2) is 64.5 Å². The highest BCUT2D eigenvalue weighted by Crippen LogP contribution is 2.24. The van der Waals surface area contributed by atoms with Crippen LogP contribution in [-0.4, -0.2) is 56.9 Å². The fraction of sp³-hybridized carbons (Fsp3) is 0.182. The molecule has 0 amide bonds. The van der Waals surface area contributed by atoms with Crippen LogP contribution in [0.1, 0.15) is 22.8 Å². The number of hydrogen-bond acceptors (Lipinski definition) is 9. The van der Waals surface area contributed by atoms with Crippen molar-refractivity contribution in [1.29, 1.82) is 0 Å². The third-order valence-corrected chi connectivity index (χ3v) is 6.60. The second kappa shape index (κ2) is 9.75. The summed E-state index contributed by atoms with van der Waals surface area (Å²) >= 11 is 0. The Morgan fingerprint density at radius 2 is 1.71 bits per heavy atom. The number of aromatic nitrogens is 6. The van der Waals surface area contributed by atoms with Crippen LogP contribution < -0.4 is 4.31 Å². The van der Waals surface area contributed by atoms with E-state index in [9.17, 15) is 13.5 Å². The molecule has 2 aromatic heterocycles. The molecule has 0 radical (unpaired) electrons. The normalized spacial score (nSPS) is 11.7. The van der Waals surface area contributed by atoms with Gasteiger partial charge in [-0.25, -0.2) is 22.7 Å². The quantitative estimate of drug-likeness (QED) is 0.367. The van der Waals surface area contributed by atoms with Crippen LogP contribution in [0, 0.1) is 13.8 Å². The van der Waals surface area contributed by atoms with Gasteiger partial charge in [0.15, 0.2) is 5.82 Å². The molecule has 2 aromatic carbocycles. The molecule has 34 heavy (non-hydrogen) atoms. The summed E-state index contributed by atoms with van der Waals surface area (Å²) in [6.45, 7) is 3.59. The van der Waals surface area contributed by atoms with Crippen LogP contribution in [0.3, 0.4) is 0 Å². The Morgan fingerprint density at radius 3 is 2.32 bits per heavy atom. The van der Waals surface area contributed by atoms with Gasteiger partial charge in [-0.05, 0) is 74.0 Å². The van der Waals surface area contributed by atoms with Crippen molar-refractivity contribution in [3.63, 3.8) is 0 Å². The van der Waals surface area contributed by atoms with E-state index in [0.29, 0.717) is 22.9 Å². The van der Waals surface area contributed by atoms with E-state index in [1.54, 1.807) is 62.5 Å². The predicted octanol–water partition coefficient (Wildman–Crippen LogP) is 2.50. The molecular formula is C22H22N8O3S. The number of sulfonamides is 1. The summed E-state index contributed by atoms with van der Waals surface area (Å²) in [6.07, 6.45) is 1.85. The van der Waals surface area contributed by atoms with Crippen molar-refractivity contribution in [3.8, 4) is 5.75 Å². The lowest BCUT2D eigenvalue weighted by molar-refractivity contribution is 0.475. The van der Waals surface area contributed by atoms with Gasteiger partial charge in [0, 0.05) is 30.6 Å². The molecule has 0 bridgehead atoms. The number of nitrogens with zero attached hydrogens (tertiary/aromatic N) is 7. The molecule has 0 fully saturated rings. The first-order valence-corrected chi connectivity index (χ1v) is 11.8. The Labute approximate surface area is 196 Å². The maximum absolute atomic E-state index is 13.6. The average Bonchev–Trinajstić information content (AvgIpc) is 3.32. The molecule has 174 valence electrons. The Bertz CT molecular complexity index is 1370. The summed E-state index contributed by atoms with van der Waals surface area (Å²) in [6, 6.07) is 14.6. The minimum atomic E-state index is -3.99. The number of aromatic hydroxyl groups is 1. The lowest BCUT2D eigenvalue weighted by atomic mass is 10.2.